The van der Waals surface area contributed by atoms with Crippen molar-refractivity contribution < 1.29 is 29.3 Å². The lowest BCUT2D eigenvalue weighted by Crippen LogP contribution is -2.38. The van der Waals surface area contributed by atoms with E-state index in [0.717, 1.165) is 22.3 Å². The van der Waals surface area contributed by atoms with Crippen molar-refractivity contribution in [1.82, 2.24) is 9.80 Å². The quantitative estimate of drug-likeness (QED) is 0.470. The number of carbonyl (C=O) groups excluding carboxylic acids is 2. The zero-order chi connectivity index (χ0) is 27.4. The van der Waals surface area contributed by atoms with Crippen LogP contribution in [0.5, 0.6) is 0 Å². The first kappa shape index (κ1) is 27.5. The second kappa shape index (κ2) is 11.9. The monoisotopic (exact) mass is 518 g/mol. The molecule has 2 N–H and O–H groups in total. The van der Waals surface area contributed by atoms with Gasteiger partial charge in [-0.15, -0.1) is 0 Å². The predicted octanol–water partition coefficient (Wildman–Crippen LogP) is 2.68. The van der Waals surface area contributed by atoms with E-state index < -0.39 is 12.2 Å². The van der Waals surface area contributed by atoms with Crippen LogP contribution >= 0.6 is 0 Å². The number of ether oxygens (including phenoxy) is 2. The summed E-state index contributed by atoms with van der Waals surface area (Å²) in [4.78, 5) is 30.9. The van der Waals surface area contributed by atoms with Crippen LogP contribution < -0.4 is 0 Å². The molecule has 200 valence electrons. The SMILES string of the molecule is COC(CO)CN1C(=O)/C(=C2\C=C(c3ccccc3C)N(CC(CO)OC)C2=O)C=C1c1ccccc1C. The zero-order valence-electron chi connectivity index (χ0n) is 22.2. The van der Waals surface area contributed by atoms with Crippen LogP contribution in [0.1, 0.15) is 22.3 Å². The van der Waals surface area contributed by atoms with E-state index in [1.54, 1.807) is 22.0 Å². The maximum Gasteiger partial charge on any atom is 0.259 e. The fraction of sp³-hybridized carbons (Fsp3) is 0.333. The molecule has 2 aromatic carbocycles. The minimum atomic E-state index is -0.586. The van der Waals surface area contributed by atoms with Crippen molar-refractivity contribution in [2.45, 2.75) is 26.1 Å². The first-order valence-corrected chi connectivity index (χ1v) is 12.5. The van der Waals surface area contributed by atoms with Gasteiger partial charge in [-0.25, -0.2) is 0 Å². The van der Waals surface area contributed by atoms with Crippen LogP contribution in [0.4, 0.5) is 0 Å². The molecule has 0 bridgehead atoms. The molecule has 8 heteroatoms. The van der Waals surface area contributed by atoms with Crippen LogP contribution in [0.15, 0.2) is 71.8 Å². The number of hydrogen-bond donors (Lipinski definition) is 2. The fourth-order valence-electron chi connectivity index (χ4n) is 4.80. The van der Waals surface area contributed by atoms with Crippen molar-refractivity contribution in [1.29, 1.82) is 0 Å². The summed E-state index contributed by atoms with van der Waals surface area (Å²) in [6.07, 6.45) is 2.32. The molecule has 0 aliphatic carbocycles. The van der Waals surface area contributed by atoms with E-state index in [0.29, 0.717) is 11.4 Å². The van der Waals surface area contributed by atoms with E-state index >= 15 is 0 Å². The molecule has 2 unspecified atom stereocenters. The average molecular weight is 519 g/mol. The maximum absolute atomic E-state index is 13.9. The molecular formula is C30H34N2O6. The average Bonchev–Trinajstić information content (AvgIpc) is 3.41. The largest absolute Gasteiger partial charge is 0.394 e. The molecule has 38 heavy (non-hydrogen) atoms. The smallest absolute Gasteiger partial charge is 0.259 e. The van der Waals surface area contributed by atoms with Crippen molar-refractivity contribution in [3.05, 3.63) is 94.1 Å². The Kier molecular flexibility index (Phi) is 8.58. The molecule has 0 saturated heterocycles. The first-order chi connectivity index (χ1) is 18.3. The lowest BCUT2D eigenvalue weighted by Gasteiger charge is -2.26. The molecule has 2 aliphatic heterocycles. The van der Waals surface area contributed by atoms with Gasteiger partial charge in [0.05, 0.1) is 61.1 Å². The number of aliphatic hydroxyl groups excluding tert-OH is 2. The van der Waals surface area contributed by atoms with E-state index in [-0.39, 0.29) is 49.3 Å². The third-order valence-corrected chi connectivity index (χ3v) is 7.07. The number of aryl methyl sites for hydroxylation is 2. The van der Waals surface area contributed by atoms with Gasteiger partial charge in [0.15, 0.2) is 0 Å². The minimum Gasteiger partial charge on any atom is -0.394 e. The predicted molar refractivity (Wildman–Crippen MR) is 145 cm³/mol. The Morgan fingerprint density at radius 1 is 0.684 bits per heavy atom. The van der Waals surface area contributed by atoms with Gasteiger partial charge in [0.1, 0.15) is 0 Å². The molecule has 2 heterocycles. The Hall–Kier alpha value is -3.56. The second-order valence-corrected chi connectivity index (χ2v) is 9.43. The van der Waals surface area contributed by atoms with E-state index in [1.165, 1.54) is 14.2 Å². The number of carbonyl (C=O) groups is 2. The number of aliphatic hydroxyl groups is 2. The molecule has 0 spiro atoms. The second-order valence-electron chi connectivity index (χ2n) is 9.43. The molecule has 2 aromatic rings. The molecule has 8 nitrogen and oxygen atoms in total. The number of amides is 2. The molecule has 2 amide bonds. The molecule has 4 rings (SSSR count). The Balaban J connectivity index is 1.88. The lowest BCUT2D eigenvalue weighted by atomic mass is 10.0. The highest BCUT2D eigenvalue weighted by Crippen LogP contribution is 2.38. The molecule has 2 atom stereocenters. The minimum absolute atomic E-state index is 0.130. The van der Waals surface area contributed by atoms with Crippen molar-refractivity contribution in [3.63, 3.8) is 0 Å². The van der Waals surface area contributed by atoms with Gasteiger partial charge >= 0.3 is 0 Å². The topological polar surface area (TPSA) is 99.5 Å². The molecular weight excluding hydrogens is 484 g/mol. The summed E-state index contributed by atoms with van der Waals surface area (Å²) in [6.45, 7) is 3.68. The van der Waals surface area contributed by atoms with Crippen molar-refractivity contribution in [3.8, 4) is 0 Å². The summed E-state index contributed by atoms with van der Waals surface area (Å²) in [5.74, 6) is -0.676. The summed E-state index contributed by atoms with van der Waals surface area (Å²) in [5, 5.41) is 19.5. The van der Waals surface area contributed by atoms with Gasteiger partial charge in [0.2, 0.25) is 0 Å². The fourth-order valence-corrected chi connectivity index (χ4v) is 4.80. The van der Waals surface area contributed by atoms with Crippen LogP contribution in [0.25, 0.3) is 11.4 Å². The Labute approximate surface area is 223 Å². The lowest BCUT2D eigenvalue weighted by molar-refractivity contribution is -0.127. The van der Waals surface area contributed by atoms with Crippen molar-refractivity contribution >= 4 is 23.2 Å². The van der Waals surface area contributed by atoms with E-state index in [9.17, 15) is 19.8 Å². The zero-order valence-corrected chi connectivity index (χ0v) is 22.2. The third-order valence-electron chi connectivity index (χ3n) is 7.07. The van der Waals surface area contributed by atoms with E-state index in [2.05, 4.69) is 0 Å². The summed E-state index contributed by atoms with van der Waals surface area (Å²) in [6, 6.07) is 15.4. The summed E-state index contributed by atoms with van der Waals surface area (Å²) in [7, 11) is 2.97. The molecule has 0 saturated carbocycles. The molecule has 2 aliphatic rings. The van der Waals surface area contributed by atoms with Gasteiger partial charge in [0, 0.05) is 25.3 Å². The highest BCUT2D eigenvalue weighted by molar-refractivity contribution is 6.18. The Morgan fingerprint density at radius 2 is 1.05 bits per heavy atom. The number of rotatable bonds is 10. The Morgan fingerprint density at radius 3 is 1.37 bits per heavy atom. The van der Waals surface area contributed by atoms with Crippen LogP contribution in [-0.4, -0.2) is 84.6 Å². The molecule has 0 fully saturated rings. The van der Waals surface area contributed by atoms with Crippen LogP contribution in [0.2, 0.25) is 0 Å². The summed E-state index contributed by atoms with van der Waals surface area (Å²) < 4.78 is 10.7. The highest BCUT2D eigenvalue weighted by atomic mass is 16.5. The van der Waals surface area contributed by atoms with Gasteiger partial charge < -0.3 is 29.5 Å². The Bertz CT molecular complexity index is 1200. The highest BCUT2D eigenvalue weighted by Gasteiger charge is 2.39. The van der Waals surface area contributed by atoms with E-state index in [1.807, 2.05) is 62.4 Å². The van der Waals surface area contributed by atoms with Gasteiger partial charge in [-0.05, 0) is 37.1 Å². The molecule has 0 aromatic heterocycles. The van der Waals surface area contributed by atoms with Crippen LogP contribution in [0.3, 0.4) is 0 Å². The van der Waals surface area contributed by atoms with E-state index in [4.69, 9.17) is 9.47 Å². The third kappa shape index (κ3) is 5.21. The van der Waals surface area contributed by atoms with Crippen molar-refractivity contribution in [2.75, 3.05) is 40.5 Å². The standard InChI is InChI=1S/C30H34N2O6/c1-19-9-5-7-11-23(19)27-13-25(29(35)31(27)15-21(17-33)37-3)26-14-28(24-12-8-6-10-20(24)2)32(30(26)36)16-22(18-34)38-4/h5-14,21-22,33-34H,15-18H2,1-4H3/b26-25+. The number of benzene rings is 2. The molecule has 0 radical (unpaired) electrons. The normalized spacial score (nSPS) is 19.2. The van der Waals surface area contributed by atoms with Gasteiger partial charge in [0.25, 0.3) is 11.8 Å². The van der Waals surface area contributed by atoms with Gasteiger partial charge in [-0.1, -0.05) is 48.5 Å². The maximum atomic E-state index is 13.9. The van der Waals surface area contributed by atoms with Crippen molar-refractivity contribution in [2.24, 2.45) is 0 Å². The van der Waals surface area contributed by atoms with Crippen LogP contribution in [-0.2, 0) is 19.1 Å². The number of methoxy groups -OCH3 is 2. The number of nitrogens with zero attached hydrogens (tertiary/aromatic N) is 2. The summed E-state index contributed by atoms with van der Waals surface area (Å²) in [5.41, 5.74) is 5.50. The number of hydrogen-bond acceptors (Lipinski definition) is 6. The van der Waals surface area contributed by atoms with Gasteiger partial charge in [-0.2, -0.15) is 0 Å². The van der Waals surface area contributed by atoms with Gasteiger partial charge in [-0.3, -0.25) is 9.59 Å². The first-order valence-electron chi connectivity index (χ1n) is 12.5. The van der Waals surface area contributed by atoms with Crippen LogP contribution in [0, 0.1) is 13.8 Å². The summed E-state index contributed by atoms with van der Waals surface area (Å²) >= 11 is 0.